The molecule has 23 heavy (non-hydrogen) atoms. The molecule has 5 nitrogen and oxygen atoms in total. The Bertz CT molecular complexity index is 541. The summed E-state index contributed by atoms with van der Waals surface area (Å²) in [7, 11) is 0. The monoisotopic (exact) mass is 318 g/mol. The first kappa shape index (κ1) is 16.2. The maximum atomic E-state index is 12.8. The van der Waals surface area contributed by atoms with Gasteiger partial charge in [-0.3, -0.25) is 4.79 Å². The number of hydrogen-bond acceptors (Lipinski definition) is 4. The lowest BCUT2D eigenvalue weighted by molar-refractivity contribution is 0.0720. The number of amides is 1. The highest BCUT2D eigenvalue weighted by molar-refractivity contribution is 5.94. The SMILES string of the molecule is CC(C)C[C@@H]1CCCN1C(=O)c1ccnc(O[C@H]2CCOC2)c1. The van der Waals surface area contributed by atoms with Gasteiger partial charge in [0.1, 0.15) is 6.10 Å². The minimum Gasteiger partial charge on any atom is -0.472 e. The van der Waals surface area contributed by atoms with Gasteiger partial charge in [0, 0.05) is 36.8 Å². The van der Waals surface area contributed by atoms with Crippen molar-refractivity contribution in [2.75, 3.05) is 19.8 Å². The maximum absolute atomic E-state index is 12.8. The first-order valence-corrected chi connectivity index (χ1v) is 8.65. The van der Waals surface area contributed by atoms with E-state index in [-0.39, 0.29) is 12.0 Å². The Morgan fingerprint density at radius 2 is 2.35 bits per heavy atom. The number of rotatable bonds is 5. The smallest absolute Gasteiger partial charge is 0.254 e. The van der Waals surface area contributed by atoms with E-state index in [1.54, 1.807) is 18.3 Å². The summed E-state index contributed by atoms with van der Waals surface area (Å²) < 4.78 is 11.1. The summed E-state index contributed by atoms with van der Waals surface area (Å²) in [6, 6.07) is 3.92. The molecule has 2 aliphatic rings. The Labute approximate surface area is 138 Å². The third kappa shape index (κ3) is 4.02. The molecule has 3 heterocycles. The molecule has 1 amide bonds. The molecule has 0 bridgehead atoms. The third-order valence-corrected chi connectivity index (χ3v) is 4.54. The van der Waals surface area contributed by atoms with Crippen molar-refractivity contribution >= 4 is 5.91 Å². The third-order valence-electron chi connectivity index (χ3n) is 4.54. The lowest BCUT2D eigenvalue weighted by Crippen LogP contribution is -2.36. The summed E-state index contributed by atoms with van der Waals surface area (Å²) in [5, 5.41) is 0. The number of pyridine rings is 1. The number of likely N-dealkylation sites (tertiary alicyclic amines) is 1. The molecule has 0 unspecified atom stereocenters. The van der Waals surface area contributed by atoms with Crippen molar-refractivity contribution in [1.29, 1.82) is 0 Å². The summed E-state index contributed by atoms with van der Waals surface area (Å²) in [4.78, 5) is 19.1. The van der Waals surface area contributed by atoms with E-state index in [0.717, 1.165) is 38.8 Å². The van der Waals surface area contributed by atoms with Crippen LogP contribution in [-0.4, -0.2) is 47.7 Å². The van der Waals surface area contributed by atoms with Gasteiger partial charge in [0.05, 0.1) is 13.2 Å². The molecule has 0 saturated carbocycles. The molecule has 0 aliphatic carbocycles. The van der Waals surface area contributed by atoms with Crippen LogP contribution in [0.1, 0.15) is 49.9 Å². The average Bonchev–Trinajstić information content (AvgIpc) is 3.18. The van der Waals surface area contributed by atoms with Crippen LogP contribution in [-0.2, 0) is 4.74 Å². The molecule has 2 atom stereocenters. The van der Waals surface area contributed by atoms with E-state index in [1.807, 2.05) is 4.90 Å². The maximum Gasteiger partial charge on any atom is 0.254 e. The molecule has 2 aliphatic heterocycles. The van der Waals surface area contributed by atoms with Gasteiger partial charge >= 0.3 is 0 Å². The normalized spacial score (nSPS) is 24.4. The van der Waals surface area contributed by atoms with Crippen LogP contribution in [0, 0.1) is 5.92 Å². The molecule has 0 aromatic carbocycles. The molecule has 5 heteroatoms. The van der Waals surface area contributed by atoms with Crippen LogP contribution in [0.5, 0.6) is 5.88 Å². The highest BCUT2D eigenvalue weighted by atomic mass is 16.5. The second-order valence-corrected chi connectivity index (χ2v) is 6.91. The largest absolute Gasteiger partial charge is 0.472 e. The Morgan fingerprint density at radius 1 is 1.48 bits per heavy atom. The van der Waals surface area contributed by atoms with Crippen LogP contribution in [0.4, 0.5) is 0 Å². The molecule has 2 saturated heterocycles. The Morgan fingerprint density at radius 3 is 3.09 bits per heavy atom. The van der Waals surface area contributed by atoms with Gasteiger partial charge in [-0.1, -0.05) is 13.8 Å². The zero-order chi connectivity index (χ0) is 16.2. The summed E-state index contributed by atoms with van der Waals surface area (Å²) in [6.07, 6.45) is 5.86. The summed E-state index contributed by atoms with van der Waals surface area (Å²) >= 11 is 0. The van der Waals surface area contributed by atoms with Gasteiger partial charge < -0.3 is 14.4 Å². The van der Waals surface area contributed by atoms with Crippen LogP contribution < -0.4 is 4.74 Å². The van der Waals surface area contributed by atoms with E-state index < -0.39 is 0 Å². The van der Waals surface area contributed by atoms with Gasteiger partial charge in [-0.2, -0.15) is 0 Å². The number of aromatic nitrogens is 1. The van der Waals surface area contributed by atoms with Crippen LogP contribution >= 0.6 is 0 Å². The van der Waals surface area contributed by atoms with E-state index in [0.29, 0.717) is 30.0 Å². The zero-order valence-electron chi connectivity index (χ0n) is 14.0. The fraction of sp³-hybridized carbons (Fsp3) is 0.667. The van der Waals surface area contributed by atoms with Gasteiger partial charge in [-0.15, -0.1) is 0 Å². The highest BCUT2D eigenvalue weighted by Gasteiger charge is 2.30. The zero-order valence-corrected chi connectivity index (χ0v) is 14.0. The first-order chi connectivity index (χ1) is 11.1. The molecule has 0 spiro atoms. The van der Waals surface area contributed by atoms with Crippen molar-refractivity contribution in [3.8, 4) is 5.88 Å². The van der Waals surface area contributed by atoms with Crippen molar-refractivity contribution < 1.29 is 14.3 Å². The number of hydrogen-bond donors (Lipinski definition) is 0. The van der Waals surface area contributed by atoms with E-state index in [2.05, 4.69) is 18.8 Å². The number of carbonyl (C=O) groups is 1. The predicted octanol–water partition coefficient (Wildman–Crippen LogP) is 2.90. The van der Waals surface area contributed by atoms with Crippen LogP contribution in [0.25, 0.3) is 0 Å². The minimum atomic E-state index is 0.0494. The van der Waals surface area contributed by atoms with Gasteiger partial charge in [0.2, 0.25) is 5.88 Å². The quantitative estimate of drug-likeness (QED) is 0.837. The van der Waals surface area contributed by atoms with Crippen molar-refractivity contribution in [2.24, 2.45) is 5.92 Å². The van der Waals surface area contributed by atoms with Gasteiger partial charge in [0.15, 0.2) is 0 Å². The van der Waals surface area contributed by atoms with E-state index in [1.165, 1.54) is 0 Å². The second-order valence-electron chi connectivity index (χ2n) is 6.91. The Kier molecular flexibility index (Phi) is 5.16. The van der Waals surface area contributed by atoms with E-state index >= 15 is 0 Å². The molecule has 126 valence electrons. The van der Waals surface area contributed by atoms with Gasteiger partial charge in [0.25, 0.3) is 5.91 Å². The molecular weight excluding hydrogens is 292 g/mol. The number of carbonyl (C=O) groups excluding carboxylic acids is 1. The summed E-state index contributed by atoms with van der Waals surface area (Å²) in [6.45, 7) is 6.60. The summed E-state index contributed by atoms with van der Waals surface area (Å²) in [5.74, 6) is 1.22. The first-order valence-electron chi connectivity index (χ1n) is 8.65. The topological polar surface area (TPSA) is 51.7 Å². The molecule has 0 N–H and O–H groups in total. The van der Waals surface area contributed by atoms with Crippen molar-refractivity contribution in [3.05, 3.63) is 23.9 Å². The minimum absolute atomic E-state index is 0.0494. The molecule has 3 rings (SSSR count). The predicted molar refractivity (Wildman–Crippen MR) is 87.6 cm³/mol. The van der Waals surface area contributed by atoms with Crippen LogP contribution in [0.15, 0.2) is 18.3 Å². The number of ether oxygens (including phenoxy) is 2. The van der Waals surface area contributed by atoms with Crippen molar-refractivity contribution in [2.45, 2.75) is 51.7 Å². The lowest BCUT2D eigenvalue weighted by Gasteiger charge is -2.26. The Hall–Kier alpha value is -1.62. The lowest BCUT2D eigenvalue weighted by atomic mass is 10.0. The fourth-order valence-electron chi connectivity index (χ4n) is 3.44. The fourth-order valence-corrected chi connectivity index (χ4v) is 3.44. The van der Waals surface area contributed by atoms with E-state index in [4.69, 9.17) is 9.47 Å². The van der Waals surface area contributed by atoms with E-state index in [9.17, 15) is 4.79 Å². The molecule has 1 aromatic heterocycles. The van der Waals surface area contributed by atoms with Gasteiger partial charge in [-0.25, -0.2) is 4.98 Å². The number of nitrogens with zero attached hydrogens (tertiary/aromatic N) is 2. The Balaban J connectivity index is 1.68. The van der Waals surface area contributed by atoms with Crippen molar-refractivity contribution in [3.63, 3.8) is 0 Å². The summed E-state index contributed by atoms with van der Waals surface area (Å²) in [5.41, 5.74) is 0.671. The average molecular weight is 318 g/mol. The van der Waals surface area contributed by atoms with Gasteiger partial charge in [-0.05, 0) is 31.2 Å². The standard InChI is InChI=1S/C18H26N2O3/c1-13(2)10-15-4-3-8-20(15)18(21)14-5-7-19-17(11-14)23-16-6-9-22-12-16/h5,7,11,13,15-16H,3-4,6,8-10,12H2,1-2H3/t15-,16-/m0/s1. The molecule has 0 radical (unpaired) electrons. The van der Waals surface area contributed by atoms with Crippen LogP contribution in [0.2, 0.25) is 0 Å². The highest BCUT2D eigenvalue weighted by Crippen LogP contribution is 2.26. The van der Waals surface area contributed by atoms with Crippen LogP contribution in [0.3, 0.4) is 0 Å². The molecular formula is C18H26N2O3. The second kappa shape index (κ2) is 7.30. The van der Waals surface area contributed by atoms with Crippen molar-refractivity contribution in [1.82, 2.24) is 9.88 Å². The molecule has 1 aromatic rings. The molecule has 2 fully saturated rings.